The molecule has 2 nitrogen and oxygen atoms in total. The van der Waals surface area contributed by atoms with Crippen molar-refractivity contribution in [2.24, 2.45) is 0 Å². The first-order valence-electron chi connectivity index (χ1n) is 4.09. The van der Waals surface area contributed by atoms with Gasteiger partial charge in [0.05, 0.1) is 26.2 Å². The van der Waals surface area contributed by atoms with Crippen LogP contribution in [-0.2, 0) is 0 Å². The monoisotopic (exact) mass is 262 g/mol. The van der Waals surface area contributed by atoms with Gasteiger partial charge in [-0.2, -0.15) is 0 Å². The molecule has 0 saturated carbocycles. The molecule has 12 heavy (non-hydrogen) atoms. The fourth-order valence-electron chi connectivity index (χ4n) is 1.34. The quantitative estimate of drug-likeness (QED) is 0.507. The van der Waals surface area contributed by atoms with E-state index in [1.165, 1.54) is 30.7 Å². The summed E-state index contributed by atoms with van der Waals surface area (Å²) in [5, 5.41) is 0. The minimum atomic E-state index is 0. The molecule has 0 aromatic carbocycles. The van der Waals surface area contributed by atoms with Gasteiger partial charge >= 0.3 is 0 Å². The van der Waals surface area contributed by atoms with E-state index in [4.69, 9.17) is 0 Å². The standard InChI is InChI=1S/C8H20N.BrH.ClH.H3N/c1-5-9(6-2,7-3)8-4;;;/h5-8H2,1-4H3;2*1H;1H3/q+1;;;/p-1. The van der Waals surface area contributed by atoms with Crippen molar-refractivity contribution in [1.29, 1.82) is 0 Å². The number of halogens is 2. The number of nitrogens with zero attached hydrogens (tertiary/aromatic N) is 1. The molecule has 0 saturated heterocycles. The highest BCUT2D eigenvalue weighted by Gasteiger charge is 2.16. The lowest BCUT2D eigenvalue weighted by molar-refractivity contribution is -0.921. The summed E-state index contributed by atoms with van der Waals surface area (Å²) in [6.07, 6.45) is 0. The summed E-state index contributed by atoms with van der Waals surface area (Å²) in [6, 6.07) is 0. The highest BCUT2D eigenvalue weighted by Crippen LogP contribution is 2.03. The smallest absolute Gasteiger partial charge is 0.0757 e. The SMILES string of the molecule is CC[N+](CC)(CC)CC.[Br-].[Cl-].[NH4+]. The van der Waals surface area contributed by atoms with Crippen LogP contribution >= 0.6 is 0 Å². The molecule has 4 N–H and O–H groups in total. The average molecular weight is 264 g/mol. The van der Waals surface area contributed by atoms with Gasteiger partial charge in [-0.05, 0) is 27.7 Å². The highest BCUT2D eigenvalue weighted by molar-refractivity contribution is 4.31. The van der Waals surface area contributed by atoms with Crippen molar-refractivity contribution in [3.63, 3.8) is 0 Å². The van der Waals surface area contributed by atoms with Crippen LogP contribution < -0.4 is 35.5 Å². The predicted molar refractivity (Wildman–Crippen MR) is 48.4 cm³/mol. The molecular weight excluding hydrogens is 239 g/mol. The Bertz CT molecular complexity index is 59.9. The third-order valence-corrected chi connectivity index (χ3v) is 2.68. The fraction of sp³-hybridized carbons (Fsp3) is 1.00. The van der Waals surface area contributed by atoms with E-state index in [0.29, 0.717) is 0 Å². The van der Waals surface area contributed by atoms with E-state index in [-0.39, 0.29) is 35.5 Å². The first-order valence-corrected chi connectivity index (χ1v) is 4.09. The maximum atomic E-state index is 2.27. The molecule has 0 aromatic rings. The van der Waals surface area contributed by atoms with Gasteiger partial charge in [0, 0.05) is 0 Å². The average Bonchev–Trinajstić information content (AvgIpc) is 1.95. The van der Waals surface area contributed by atoms with Gasteiger partial charge in [-0.15, -0.1) is 0 Å². The van der Waals surface area contributed by atoms with Crippen LogP contribution in [0.15, 0.2) is 0 Å². The lowest BCUT2D eigenvalue weighted by atomic mass is 10.3. The van der Waals surface area contributed by atoms with Crippen molar-refractivity contribution >= 4 is 0 Å². The Morgan fingerprint density at radius 1 is 0.750 bits per heavy atom. The van der Waals surface area contributed by atoms with E-state index in [2.05, 4.69) is 27.7 Å². The zero-order chi connectivity index (χ0) is 7.33. The van der Waals surface area contributed by atoms with E-state index >= 15 is 0 Å². The lowest BCUT2D eigenvalue weighted by Crippen LogP contribution is -3.00. The summed E-state index contributed by atoms with van der Waals surface area (Å²) in [5.41, 5.74) is 0. The minimum Gasteiger partial charge on any atom is -1.00 e. The third kappa shape index (κ3) is 6.23. The molecule has 0 bridgehead atoms. The van der Waals surface area contributed by atoms with Gasteiger partial charge in [0.1, 0.15) is 0 Å². The van der Waals surface area contributed by atoms with Crippen molar-refractivity contribution < 1.29 is 33.9 Å². The minimum absolute atomic E-state index is 0. The van der Waals surface area contributed by atoms with Crippen molar-refractivity contribution in [3.05, 3.63) is 0 Å². The van der Waals surface area contributed by atoms with E-state index in [0.717, 1.165) is 0 Å². The van der Waals surface area contributed by atoms with Crippen LogP contribution in [0.2, 0.25) is 0 Å². The lowest BCUT2D eigenvalue weighted by Gasteiger charge is -2.34. The third-order valence-electron chi connectivity index (χ3n) is 2.68. The molecule has 80 valence electrons. The molecule has 0 fully saturated rings. The second-order valence-electron chi connectivity index (χ2n) is 2.61. The van der Waals surface area contributed by atoms with Gasteiger partial charge in [-0.1, -0.05) is 0 Å². The van der Waals surface area contributed by atoms with Gasteiger partial charge in [-0.3, -0.25) is 0 Å². The molecule has 0 radical (unpaired) electrons. The molecule has 0 aliphatic carbocycles. The number of hydrogen-bond acceptors (Lipinski definition) is 0. The Hall–Kier alpha value is 0.690. The summed E-state index contributed by atoms with van der Waals surface area (Å²) in [5.74, 6) is 0. The van der Waals surface area contributed by atoms with Gasteiger partial charge < -0.3 is 40.0 Å². The second-order valence-corrected chi connectivity index (χ2v) is 2.61. The van der Waals surface area contributed by atoms with Crippen molar-refractivity contribution in [2.45, 2.75) is 27.7 Å². The van der Waals surface area contributed by atoms with Gasteiger partial charge in [0.25, 0.3) is 0 Å². The Morgan fingerprint density at radius 2 is 0.917 bits per heavy atom. The first-order chi connectivity index (χ1) is 4.24. The van der Waals surface area contributed by atoms with E-state index in [1.54, 1.807) is 0 Å². The molecule has 0 atom stereocenters. The van der Waals surface area contributed by atoms with Crippen molar-refractivity contribution in [3.8, 4) is 0 Å². The Labute approximate surface area is 94.1 Å². The highest BCUT2D eigenvalue weighted by atomic mass is 79.9. The van der Waals surface area contributed by atoms with Crippen molar-refractivity contribution in [1.82, 2.24) is 6.15 Å². The van der Waals surface area contributed by atoms with Gasteiger partial charge in [-0.25, -0.2) is 0 Å². The molecule has 0 unspecified atom stereocenters. The summed E-state index contributed by atoms with van der Waals surface area (Å²) < 4.78 is 1.28. The molecule has 0 aliphatic heterocycles. The summed E-state index contributed by atoms with van der Waals surface area (Å²) >= 11 is 0. The molecular formula is C8H24BrClN2. The van der Waals surface area contributed by atoms with Crippen LogP contribution in [0.4, 0.5) is 0 Å². The molecule has 4 heteroatoms. The molecule has 0 aromatic heterocycles. The fourth-order valence-corrected chi connectivity index (χ4v) is 1.34. The van der Waals surface area contributed by atoms with Crippen LogP contribution in [0, 0.1) is 0 Å². The maximum Gasteiger partial charge on any atom is 0.0757 e. The molecule has 0 heterocycles. The first kappa shape index (κ1) is 23.0. The molecule has 0 amide bonds. The second kappa shape index (κ2) is 11.7. The summed E-state index contributed by atoms with van der Waals surface area (Å²) in [7, 11) is 0. The van der Waals surface area contributed by atoms with Crippen LogP contribution in [0.25, 0.3) is 0 Å². The molecule has 0 aliphatic rings. The van der Waals surface area contributed by atoms with Gasteiger partial charge in [0.2, 0.25) is 0 Å². The van der Waals surface area contributed by atoms with Crippen LogP contribution in [0.1, 0.15) is 27.7 Å². The van der Waals surface area contributed by atoms with E-state index in [9.17, 15) is 0 Å². The maximum absolute atomic E-state index is 2.27. The zero-order valence-electron chi connectivity index (χ0n) is 9.03. The topological polar surface area (TPSA) is 36.5 Å². The number of rotatable bonds is 4. The van der Waals surface area contributed by atoms with Crippen LogP contribution in [0.3, 0.4) is 0 Å². The Balaban J connectivity index is -0.000000107. The normalized spacial score (nSPS) is 9.00. The number of hydrogen-bond donors (Lipinski definition) is 1. The largest absolute Gasteiger partial charge is 1.00 e. The van der Waals surface area contributed by atoms with E-state index < -0.39 is 0 Å². The summed E-state index contributed by atoms with van der Waals surface area (Å²) in [4.78, 5) is 0. The summed E-state index contributed by atoms with van der Waals surface area (Å²) in [6.45, 7) is 14.2. The predicted octanol–water partition coefficient (Wildman–Crippen LogP) is -3.73. The number of quaternary nitrogens is 2. The van der Waals surface area contributed by atoms with Gasteiger partial charge in [0.15, 0.2) is 0 Å². The molecule has 0 rings (SSSR count). The Morgan fingerprint density at radius 3 is 0.917 bits per heavy atom. The Kier molecular flexibility index (Phi) is 22.4. The van der Waals surface area contributed by atoms with Crippen LogP contribution in [-0.4, -0.2) is 30.7 Å². The molecule has 0 spiro atoms. The van der Waals surface area contributed by atoms with Crippen molar-refractivity contribution in [2.75, 3.05) is 26.2 Å². The van der Waals surface area contributed by atoms with E-state index in [1.807, 2.05) is 0 Å². The zero-order valence-corrected chi connectivity index (χ0v) is 11.4. The van der Waals surface area contributed by atoms with Crippen LogP contribution in [0.5, 0.6) is 0 Å².